The van der Waals surface area contributed by atoms with Gasteiger partial charge in [-0.2, -0.15) is 0 Å². The fourth-order valence-corrected chi connectivity index (χ4v) is 3.14. The van der Waals surface area contributed by atoms with Crippen LogP contribution >= 0.6 is 11.6 Å². The molecule has 0 atom stereocenters. The largest absolute Gasteiger partial charge is 0.348 e. The van der Waals surface area contributed by atoms with Crippen LogP contribution in [-0.4, -0.2) is 20.4 Å². The van der Waals surface area contributed by atoms with Gasteiger partial charge < -0.3 is 9.88 Å². The third-order valence-electron chi connectivity index (χ3n) is 4.32. The Balaban J connectivity index is 1.46. The molecule has 1 aliphatic rings. The number of nitrogens with zero attached hydrogens (tertiary/aromatic N) is 3. The van der Waals surface area contributed by atoms with Crippen molar-refractivity contribution >= 4 is 17.5 Å². The van der Waals surface area contributed by atoms with Crippen molar-refractivity contribution in [2.75, 3.05) is 0 Å². The average Bonchev–Trinajstić information content (AvgIpc) is 3.22. The number of imidazole rings is 1. The minimum absolute atomic E-state index is 0.171. The molecule has 0 bridgehead atoms. The normalized spacial score (nSPS) is 12.8. The summed E-state index contributed by atoms with van der Waals surface area (Å²) in [6.07, 6.45) is 5.80. The Morgan fingerprint density at radius 2 is 2.20 bits per heavy atom. The lowest BCUT2D eigenvalue weighted by Gasteiger charge is -2.07. The number of carbonyl (C=O) groups excluding carboxylic acids is 1. The number of benzene rings is 1. The molecule has 1 aliphatic heterocycles. The van der Waals surface area contributed by atoms with Gasteiger partial charge in [0.15, 0.2) is 0 Å². The van der Waals surface area contributed by atoms with Crippen LogP contribution in [0, 0.1) is 0 Å². The molecule has 1 aromatic carbocycles. The summed E-state index contributed by atoms with van der Waals surface area (Å²) in [7, 11) is 0. The number of nitrogens with one attached hydrogen (secondary N) is 1. The number of aromatic nitrogens is 3. The van der Waals surface area contributed by atoms with Gasteiger partial charge in [-0.1, -0.05) is 29.8 Å². The maximum atomic E-state index is 12.2. The second kappa shape index (κ2) is 6.69. The number of aryl methyl sites for hydroxylation is 2. The molecule has 5 nitrogen and oxygen atoms in total. The Kier molecular flexibility index (Phi) is 4.24. The van der Waals surface area contributed by atoms with Gasteiger partial charge in [-0.25, -0.2) is 9.97 Å². The summed E-state index contributed by atoms with van der Waals surface area (Å²) in [5.41, 5.74) is 3.58. The van der Waals surface area contributed by atoms with Crippen LogP contribution in [-0.2, 0) is 19.5 Å². The Hall–Kier alpha value is -2.66. The minimum Gasteiger partial charge on any atom is -0.348 e. The minimum atomic E-state index is -0.171. The lowest BCUT2D eigenvalue weighted by molar-refractivity contribution is 0.0950. The molecule has 3 aromatic rings. The van der Waals surface area contributed by atoms with Crippen molar-refractivity contribution in [3.63, 3.8) is 0 Å². The molecule has 1 amide bonds. The molecule has 1 N–H and O–H groups in total. The first-order valence-electron chi connectivity index (χ1n) is 8.24. The molecular formula is C19H17ClN4O. The van der Waals surface area contributed by atoms with Crippen molar-refractivity contribution < 1.29 is 4.79 Å². The molecule has 0 aliphatic carbocycles. The topological polar surface area (TPSA) is 59.8 Å². The first kappa shape index (κ1) is 15.8. The lowest BCUT2D eigenvalue weighted by atomic mass is 10.1. The SMILES string of the molecule is O=C(NCc1cccc(-c2cn3c(n2)CCC3)c1)c1ccc(Cl)nc1. The molecule has 126 valence electrons. The molecule has 3 heterocycles. The van der Waals surface area contributed by atoms with E-state index < -0.39 is 0 Å². The van der Waals surface area contributed by atoms with Gasteiger partial charge in [0.2, 0.25) is 0 Å². The summed E-state index contributed by atoms with van der Waals surface area (Å²) in [6.45, 7) is 1.50. The van der Waals surface area contributed by atoms with Crippen LogP contribution in [0.1, 0.15) is 28.2 Å². The van der Waals surface area contributed by atoms with Crippen LogP contribution in [0.25, 0.3) is 11.3 Å². The summed E-state index contributed by atoms with van der Waals surface area (Å²) < 4.78 is 2.22. The highest BCUT2D eigenvalue weighted by Crippen LogP contribution is 2.23. The van der Waals surface area contributed by atoms with E-state index in [0.717, 1.165) is 35.6 Å². The van der Waals surface area contributed by atoms with Gasteiger partial charge in [-0.05, 0) is 30.2 Å². The Bertz CT molecular complexity index is 896. The number of pyridine rings is 1. The van der Waals surface area contributed by atoms with Gasteiger partial charge in [0.25, 0.3) is 5.91 Å². The molecule has 0 unspecified atom stereocenters. The van der Waals surface area contributed by atoms with Crippen molar-refractivity contribution in [1.82, 2.24) is 19.9 Å². The highest BCUT2D eigenvalue weighted by atomic mass is 35.5. The average molecular weight is 353 g/mol. The third kappa shape index (κ3) is 3.42. The predicted octanol–water partition coefficient (Wildman–Crippen LogP) is 3.47. The third-order valence-corrected chi connectivity index (χ3v) is 4.55. The van der Waals surface area contributed by atoms with Crippen molar-refractivity contribution in [3.8, 4) is 11.3 Å². The second-order valence-corrected chi connectivity index (χ2v) is 6.48. The first-order valence-corrected chi connectivity index (χ1v) is 8.62. The molecular weight excluding hydrogens is 336 g/mol. The molecule has 0 saturated carbocycles. The van der Waals surface area contributed by atoms with E-state index in [0.29, 0.717) is 17.3 Å². The second-order valence-electron chi connectivity index (χ2n) is 6.09. The number of hydrogen-bond donors (Lipinski definition) is 1. The summed E-state index contributed by atoms with van der Waals surface area (Å²) in [4.78, 5) is 20.8. The molecule has 25 heavy (non-hydrogen) atoms. The zero-order valence-corrected chi connectivity index (χ0v) is 14.3. The smallest absolute Gasteiger partial charge is 0.253 e. The molecule has 0 spiro atoms. The predicted molar refractivity (Wildman–Crippen MR) is 96.4 cm³/mol. The van der Waals surface area contributed by atoms with E-state index in [2.05, 4.69) is 27.1 Å². The zero-order valence-electron chi connectivity index (χ0n) is 13.6. The zero-order chi connectivity index (χ0) is 17.2. The Labute approximate surface area is 150 Å². The van der Waals surface area contributed by atoms with Crippen molar-refractivity contribution in [1.29, 1.82) is 0 Å². The number of fused-ring (bicyclic) bond motifs is 1. The molecule has 0 fully saturated rings. The van der Waals surface area contributed by atoms with Gasteiger partial charge in [0.1, 0.15) is 11.0 Å². The van der Waals surface area contributed by atoms with Crippen molar-refractivity contribution in [2.45, 2.75) is 25.9 Å². The van der Waals surface area contributed by atoms with Gasteiger partial charge >= 0.3 is 0 Å². The van der Waals surface area contributed by atoms with Crippen LogP contribution < -0.4 is 5.32 Å². The van der Waals surface area contributed by atoms with Crippen LogP contribution in [0.5, 0.6) is 0 Å². The fraction of sp³-hybridized carbons (Fsp3) is 0.211. The van der Waals surface area contributed by atoms with Gasteiger partial charge in [-0.3, -0.25) is 4.79 Å². The highest BCUT2D eigenvalue weighted by molar-refractivity contribution is 6.29. The maximum absolute atomic E-state index is 12.2. The van der Waals surface area contributed by atoms with Crippen LogP contribution in [0.4, 0.5) is 0 Å². The Morgan fingerprint density at radius 3 is 3.00 bits per heavy atom. The van der Waals surface area contributed by atoms with Crippen LogP contribution in [0.15, 0.2) is 48.8 Å². The van der Waals surface area contributed by atoms with E-state index in [4.69, 9.17) is 16.6 Å². The summed E-state index contributed by atoms with van der Waals surface area (Å²) in [5.74, 6) is 0.986. The first-order chi connectivity index (χ1) is 12.2. The van der Waals surface area contributed by atoms with E-state index in [1.54, 1.807) is 12.1 Å². The number of amides is 1. The Morgan fingerprint density at radius 1 is 1.28 bits per heavy atom. The van der Waals surface area contributed by atoms with Crippen LogP contribution in [0.3, 0.4) is 0 Å². The fourth-order valence-electron chi connectivity index (χ4n) is 3.03. The molecule has 0 radical (unpaired) electrons. The monoisotopic (exact) mass is 352 g/mol. The van der Waals surface area contributed by atoms with E-state index >= 15 is 0 Å². The number of rotatable bonds is 4. The lowest BCUT2D eigenvalue weighted by Crippen LogP contribution is -2.22. The maximum Gasteiger partial charge on any atom is 0.253 e. The summed E-state index contributed by atoms with van der Waals surface area (Å²) in [6, 6.07) is 11.4. The van der Waals surface area contributed by atoms with E-state index in [-0.39, 0.29) is 5.91 Å². The van der Waals surface area contributed by atoms with Gasteiger partial charge in [-0.15, -0.1) is 0 Å². The van der Waals surface area contributed by atoms with Crippen molar-refractivity contribution in [3.05, 3.63) is 70.9 Å². The molecule has 4 rings (SSSR count). The molecule has 2 aromatic heterocycles. The highest BCUT2D eigenvalue weighted by Gasteiger charge is 2.14. The van der Waals surface area contributed by atoms with Crippen LogP contribution in [0.2, 0.25) is 5.15 Å². The number of halogens is 1. The number of hydrogen-bond acceptors (Lipinski definition) is 3. The summed E-state index contributed by atoms with van der Waals surface area (Å²) in [5, 5.41) is 3.28. The standard InChI is InChI=1S/C19H17ClN4O/c20-17-7-6-15(11-21-17)19(25)22-10-13-3-1-4-14(9-13)16-12-24-8-2-5-18(24)23-16/h1,3-4,6-7,9,11-12H,2,5,8,10H2,(H,22,25). The van der Waals surface area contributed by atoms with Gasteiger partial charge in [0.05, 0.1) is 11.3 Å². The van der Waals surface area contributed by atoms with E-state index in [1.165, 1.54) is 12.6 Å². The number of carbonyl (C=O) groups is 1. The molecule has 6 heteroatoms. The van der Waals surface area contributed by atoms with Crippen molar-refractivity contribution in [2.24, 2.45) is 0 Å². The van der Waals surface area contributed by atoms with E-state index in [9.17, 15) is 4.79 Å². The van der Waals surface area contributed by atoms with E-state index in [1.807, 2.05) is 18.2 Å². The summed E-state index contributed by atoms with van der Waals surface area (Å²) >= 11 is 5.74. The van der Waals surface area contributed by atoms with Gasteiger partial charge in [0, 0.05) is 37.5 Å². The quantitative estimate of drug-likeness (QED) is 0.731. The molecule has 0 saturated heterocycles.